The van der Waals surface area contributed by atoms with Crippen molar-refractivity contribution in [2.75, 3.05) is 28.7 Å². The number of nitrogens with two attached hydrogens (primary N) is 1. The van der Waals surface area contributed by atoms with E-state index in [2.05, 4.69) is 40.0 Å². The van der Waals surface area contributed by atoms with E-state index in [1.165, 1.54) is 24.3 Å². The maximum Gasteiger partial charge on any atom is 0.397 e. The highest BCUT2D eigenvalue weighted by molar-refractivity contribution is 7.91. The lowest BCUT2D eigenvalue weighted by molar-refractivity contribution is 0.284. The second-order valence-corrected chi connectivity index (χ2v) is 15.5. The van der Waals surface area contributed by atoms with Gasteiger partial charge in [0.2, 0.25) is 17.2 Å². The van der Waals surface area contributed by atoms with Gasteiger partial charge < -0.3 is 16.4 Å². The zero-order valence-electron chi connectivity index (χ0n) is 23.5. The molecule has 0 saturated heterocycles. The van der Waals surface area contributed by atoms with Gasteiger partial charge in [0.05, 0.1) is 39.2 Å². The van der Waals surface area contributed by atoms with Crippen molar-refractivity contribution >= 4 is 92.4 Å². The SMILES string of the molecule is Nc1c(S(=O)(=O)O)ccc(Nc2nc(Cl)nc(Nc3cccc(S(=O)(=O)O)c3)n2)c1N=Nc1ccc(S(=O)(=O)CCOS(=O)(=O)O)cc1. The Hall–Kier alpha value is -4.40. The number of benzene rings is 3. The van der Waals surface area contributed by atoms with Crippen LogP contribution in [0.25, 0.3) is 0 Å². The number of aromatic nitrogens is 3. The number of sulfone groups is 1. The molecule has 1 heterocycles. The van der Waals surface area contributed by atoms with Crippen LogP contribution in [-0.2, 0) is 44.7 Å². The molecule has 0 amide bonds. The molecule has 0 unspecified atom stereocenters. The monoisotopic (exact) mass is 764 g/mol. The normalized spacial score (nSPS) is 12.7. The van der Waals surface area contributed by atoms with E-state index in [-0.39, 0.29) is 44.8 Å². The van der Waals surface area contributed by atoms with Crippen molar-refractivity contribution in [2.24, 2.45) is 10.2 Å². The fourth-order valence-corrected chi connectivity index (χ4v) is 6.45. The van der Waals surface area contributed by atoms with E-state index in [1.54, 1.807) is 0 Å². The third-order valence-electron chi connectivity index (χ3n) is 5.74. The van der Waals surface area contributed by atoms with Crippen molar-refractivity contribution in [3.63, 3.8) is 0 Å². The summed E-state index contributed by atoms with van der Waals surface area (Å²) in [6.45, 7) is -0.840. The zero-order chi connectivity index (χ0) is 35.5. The second kappa shape index (κ2) is 14.0. The van der Waals surface area contributed by atoms with E-state index in [0.29, 0.717) is 0 Å². The lowest BCUT2D eigenvalue weighted by atomic mass is 10.2. The first-order valence-electron chi connectivity index (χ1n) is 12.5. The summed E-state index contributed by atoms with van der Waals surface area (Å²) >= 11 is 6.03. The number of anilines is 5. The molecule has 0 aliphatic heterocycles. The van der Waals surface area contributed by atoms with E-state index in [0.717, 1.165) is 36.4 Å². The number of nitrogens with zero attached hydrogens (tertiary/aromatic N) is 5. The van der Waals surface area contributed by atoms with Crippen LogP contribution in [0.4, 0.5) is 40.3 Å². The first-order valence-corrected chi connectivity index (χ1v) is 18.8. The van der Waals surface area contributed by atoms with Crippen LogP contribution in [0.5, 0.6) is 0 Å². The van der Waals surface area contributed by atoms with Crippen LogP contribution in [-0.4, -0.2) is 74.6 Å². The molecular formula is C23H21ClN8O12S4. The van der Waals surface area contributed by atoms with E-state index < -0.39 is 68.3 Å². The Kier molecular flexibility index (Phi) is 10.6. The predicted octanol–water partition coefficient (Wildman–Crippen LogP) is 3.10. The number of hydrogen-bond acceptors (Lipinski definition) is 17. The van der Waals surface area contributed by atoms with E-state index in [9.17, 15) is 42.8 Å². The largest absolute Gasteiger partial charge is 0.397 e. The first-order chi connectivity index (χ1) is 22.2. The van der Waals surface area contributed by atoms with Gasteiger partial charge in [0.15, 0.2) is 9.84 Å². The van der Waals surface area contributed by atoms with Gasteiger partial charge in [-0.2, -0.15) is 45.3 Å². The van der Waals surface area contributed by atoms with Gasteiger partial charge >= 0.3 is 10.4 Å². The lowest BCUT2D eigenvalue weighted by Crippen LogP contribution is -2.15. The number of halogens is 1. The van der Waals surface area contributed by atoms with Gasteiger partial charge in [0, 0.05) is 5.69 Å². The molecular weight excluding hydrogens is 744 g/mol. The highest BCUT2D eigenvalue weighted by Gasteiger charge is 2.21. The molecule has 0 saturated carbocycles. The van der Waals surface area contributed by atoms with Crippen LogP contribution in [0, 0.1) is 0 Å². The Morgan fingerprint density at radius 1 is 0.771 bits per heavy atom. The molecule has 0 atom stereocenters. The number of nitrogens with one attached hydrogen (secondary N) is 2. The molecule has 48 heavy (non-hydrogen) atoms. The van der Waals surface area contributed by atoms with Crippen molar-refractivity contribution in [3.05, 3.63) is 65.9 Å². The van der Waals surface area contributed by atoms with E-state index in [1.807, 2.05) is 0 Å². The smallest absolute Gasteiger partial charge is 0.396 e. The van der Waals surface area contributed by atoms with Gasteiger partial charge in [-0.3, -0.25) is 13.7 Å². The molecule has 0 bridgehead atoms. The second-order valence-electron chi connectivity index (χ2n) is 9.12. The van der Waals surface area contributed by atoms with Crippen LogP contribution in [0.2, 0.25) is 5.28 Å². The third-order valence-corrected chi connectivity index (χ3v) is 9.83. The summed E-state index contributed by atoms with van der Waals surface area (Å²) in [4.78, 5) is 10.5. The Labute approximate surface area is 277 Å². The van der Waals surface area contributed by atoms with Gasteiger partial charge in [0.25, 0.3) is 20.2 Å². The molecule has 0 aliphatic carbocycles. The summed E-state index contributed by atoms with van der Waals surface area (Å²) in [6.07, 6.45) is 0. The average molecular weight is 765 g/mol. The van der Waals surface area contributed by atoms with Gasteiger partial charge in [0.1, 0.15) is 10.6 Å². The van der Waals surface area contributed by atoms with Crippen LogP contribution in [0.3, 0.4) is 0 Å². The van der Waals surface area contributed by atoms with Crippen molar-refractivity contribution in [2.45, 2.75) is 14.7 Å². The number of rotatable bonds is 13. The van der Waals surface area contributed by atoms with Crippen LogP contribution >= 0.6 is 11.6 Å². The molecule has 0 aliphatic rings. The van der Waals surface area contributed by atoms with Crippen molar-refractivity contribution in [3.8, 4) is 0 Å². The Bertz CT molecular complexity index is 2340. The first kappa shape index (κ1) is 36.4. The minimum atomic E-state index is -4.85. The Balaban J connectivity index is 1.64. The van der Waals surface area contributed by atoms with Gasteiger partial charge in [-0.15, -0.1) is 5.11 Å². The number of hydrogen-bond donors (Lipinski definition) is 6. The van der Waals surface area contributed by atoms with Crippen LogP contribution in [0.15, 0.2) is 85.6 Å². The molecule has 25 heteroatoms. The molecule has 4 aromatic rings. The number of azo groups is 1. The maximum atomic E-state index is 12.4. The minimum Gasteiger partial charge on any atom is -0.396 e. The van der Waals surface area contributed by atoms with Crippen LogP contribution in [0.1, 0.15) is 0 Å². The summed E-state index contributed by atoms with van der Waals surface area (Å²) in [5.74, 6) is -1.24. The van der Waals surface area contributed by atoms with Gasteiger partial charge in [-0.1, -0.05) is 6.07 Å². The summed E-state index contributed by atoms with van der Waals surface area (Å²) < 4.78 is 125. The summed E-state index contributed by atoms with van der Waals surface area (Å²) in [6, 6.07) is 11.7. The molecule has 256 valence electrons. The fourth-order valence-electron chi connectivity index (χ4n) is 3.66. The highest BCUT2D eigenvalue weighted by Crippen LogP contribution is 2.39. The third kappa shape index (κ3) is 9.81. The molecule has 4 rings (SSSR count). The summed E-state index contributed by atoms with van der Waals surface area (Å²) in [5.41, 5.74) is 5.20. The highest BCUT2D eigenvalue weighted by atomic mass is 35.5. The molecule has 7 N–H and O–H groups in total. The maximum absolute atomic E-state index is 12.4. The molecule has 1 aromatic heterocycles. The topological polar surface area (TPSA) is 320 Å². The van der Waals surface area contributed by atoms with Crippen molar-refractivity contribution in [1.82, 2.24) is 15.0 Å². The molecule has 0 radical (unpaired) electrons. The van der Waals surface area contributed by atoms with Crippen molar-refractivity contribution in [1.29, 1.82) is 0 Å². The minimum absolute atomic E-state index is 0.0348. The van der Waals surface area contributed by atoms with Crippen LogP contribution < -0.4 is 16.4 Å². The fraction of sp³-hybridized carbons (Fsp3) is 0.0870. The molecule has 0 spiro atoms. The standard InChI is InChI=1S/C23H21ClN8O12S4/c24-21-28-22(26-14-2-1-3-16(12-14)46(35,36)37)30-23(29-21)27-17-8-9-18(47(38,39)40)19(25)20(17)32-31-13-4-6-15(7-5-13)45(33,34)11-10-44-48(41,42)43/h1-9,12H,10-11,25H2,(H,35,36,37)(H,38,39,40)(H,41,42,43)(H2,26,27,28,29,30). The quantitative estimate of drug-likeness (QED) is 0.0647. The molecule has 20 nitrogen and oxygen atoms in total. The number of nitrogen functional groups attached to an aromatic ring is 1. The van der Waals surface area contributed by atoms with Crippen molar-refractivity contribution < 1.29 is 51.5 Å². The average Bonchev–Trinajstić information content (AvgIpc) is 2.95. The van der Waals surface area contributed by atoms with E-state index >= 15 is 0 Å². The predicted molar refractivity (Wildman–Crippen MR) is 168 cm³/mol. The lowest BCUT2D eigenvalue weighted by Gasteiger charge is -2.13. The molecule has 0 fully saturated rings. The van der Waals surface area contributed by atoms with E-state index in [4.69, 9.17) is 21.9 Å². The summed E-state index contributed by atoms with van der Waals surface area (Å²) in [5, 5.41) is 12.9. The van der Waals surface area contributed by atoms with Gasteiger partial charge in [-0.05, 0) is 66.2 Å². The zero-order valence-corrected chi connectivity index (χ0v) is 27.5. The summed E-state index contributed by atoms with van der Waals surface area (Å²) in [7, 11) is -18.2. The van der Waals surface area contributed by atoms with Gasteiger partial charge in [-0.25, -0.2) is 12.6 Å². The molecule has 3 aromatic carbocycles. The Morgan fingerprint density at radius 3 is 2.02 bits per heavy atom. The Morgan fingerprint density at radius 2 is 1.42 bits per heavy atom.